The largest absolute Gasteiger partial charge is 0.292 e. The van der Waals surface area contributed by atoms with Crippen LogP contribution in [0.15, 0.2) is 48.5 Å². The van der Waals surface area contributed by atoms with Crippen molar-refractivity contribution in [1.29, 1.82) is 0 Å². The Hall–Kier alpha value is -2.53. The number of Topliss-reactive ketones (excluding diaryl/α,β-unsaturated/α-hetero) is 1. The van der Waals surface area contributed by atoms with Crippen molar-refractivity contribution in [1.82, 2.24) is 15.0 Å². The van der Waals surface area contributed by atoms with Crippen LogP contribution in [0.25, 0.3) is 5.69 Å². The molecule has 0 aliphatic carbocycles. The Labute approximate surface area is 137 Å². The summed E-state index contributed by atoms with van der Waals surface area (Å²) in [6.45, 7) is 1.76. The van der Waals surface area contributed by atoms with E-state index in [9.17, 15) is 9.18 Å². The maximum absolute atomic E-state index is 13.0. The quantitative estimate of drug-likeness (QED) is 0.684. The van der Waals surface area contributed by atoms with Crippen LogP contribution in [-0.2, 0) is 6.42 Å². The van der Waals surface area contributed by atoms with Crippen molar-refractivity contribution in [2.75, 3.05) is 0 Å². The van der Waals surface area contributed by atoms with Crippen molar-refractivity contribution < 1.29 is 9.18 Å². The first-order valence-electron chi connectivity index (χ1n) is 7.00. The fourth-order valence-corrected chi connectivity index (χ4v) is 2.54. The lowest BCUT2D eigenvalue weighted by atomic mass is 10.1. The van der Waals surface area contributed by atoms with Gasteiger partial charge in [0.05, 0.1) is 11.4 Å². The first kappa shape index (κ1) is 15.4. The van der Waals surface area contributed by atoms with Crippen LogP contribution < -0.4 is 0 Å². The van der Waals surface area contributed by atoms with E-state index < -0.39 is 0 Å². The lowest BCUT2D eigenvalue weighted by molar-refractivity contribution is 0.0987. The van der Waals surface area contributed by atoms with E-state index >= 15 is 0 Å². The summed E-state index contributed by atoms with van der Waals surface area (Å²) in [4.78, 5) is 12.4. The van der Waals surface area contributed by atoms with Crippen molar-refractivity contribution in [3.63, 3.8) is 0 Å². The molecule has 3 aromatic rings. The molecule has 23 heavy (non-hydrogen) atoms. The van der Waals surface area contributed by atoms with E-state index in [1.807, 2.05) is 6.07 Å². The molecule has 1 aromatic heterocycles. The van der Waals surface area contributed by atoms with Crippen molar-refractivity contribution >= 4 is 17.4 Å². The standard InChI is InChI=1S/C17H13ClFN3O/c1-11-17(16(23)10-12-3-2-4-13(18)9-12)20-21-22(11)15-7-5-14(19)6-8-15/h2-9H,10H2,1H3. The maximum Gasteiger partial charge on any atom is 0.189 e. The molecular weight excluding hydrogens is 317 g/mol. The number of carbonyl (C=O) groups excluding carboxylic acids is 1. The van der Waals surface area contributed by atoms with Gasteiger partial charge in [-0.2, -0.15) is 0 Å². The number of nitrogens with zero attached hydrogens (tertiary/aromatic N) is 3. The molecule has 0 amide bonds. The first-order valence-corrected chi connectivity index (χ1v) is 7.38. The summed E-state index contributed by atoms with van der Waals surface area (Å²) >= 11 is 5.93. The first-order chi connectivity index (χ1) is 11.0. The fourth-order valence-electron chi connectivity index (χ4n) is 2.33. The van der Waals surface area contributed by atoms with E-state index in [2.05, 4.69) is 10.3 Å². The van der Waals surface area contributed by atoms with Crippen molar-refractivity contribution in [3.8, 4) is 5.69 Å². The molecule has 0 aliphatic heterocycles. The van der Waals surface area contributed by atoms with E-state index in [-0.39, 0.29) is 18.0 Å². The number of aromatic nitrogens is 3. The van der Waals surface area contributed by atoms with Crippen LogP contribution in [0.1, 0.15) is 21.7 Å². The summed E-state index contributed by atoms with van der Waals surface area (Å²) in [6, 6.07) is 13.0. The van der Waals surface area contributed by atoms with Crippen LogP contribution in [0.4, 0.5) is 4.39 Å². The van der Waals surface area contributed by atoms with Crippen LogP contribution in [0.2, 0.25) is 5.02 Å². The molecule has 6 heteroatoms. The lowest BCUT2D eigenvalue weighted by Crippen LogP contribution is -2.07. The van der Waals surface area contributed by atoms with Gasteiger partial charge in [0, 0.05) is 11.4 Å². The summed E-state index contributed by atoms with van der Waals surface area (Å²) in [5.74, 6) is -0.470. The summed E-state index contributed by atoms with van der Waals surface area (Å²) in [5, 5.41) is 8.55. The Morgan fingerprint density at radius 2 is 1.96 bits per heavy atom. The van der Waals surface area contributed by atoms with Gasteiger partial charge in [0.1, 0.15) is 5.82 Å². The molecule has 0 unspecified atom stereocenters. The van der Waals surface area contributed by atoms with E-state index in [0.717, 1.165) is 5.56 Å². The number of carbonyl (C=O) groups is 1. The van der Waals surface area contributed by atoms with Crippen molar-refractivity contribution in [2.45, 2.75) is 13.3 Å². The lowest BCUT2D eigenvalue weighted by Gasteiger charge is -2.04. The van der Waals surface area contributed by atoms with E-state index in [1.165, 1.54) is 16.8 Å². The maximum atomic E-state index is 13.0. The predicted molar refractivity (Wildman–Crippen MR) is 85.5 cm³/mol. The molecule has 0 bridgehead atoms. The molecule has 0 saturated heterocycles. The highest BCUT2D eigenvalue weighted by Gasteiger charge is 2.17. The highest BCUT2D eigenvalue weighted by Crippen LogP contribution is 2.16. The monoisotopic (exact) mass is 329 g/mol. The topological polar surface area (TPSA) is 47.8 Å². The number of benzene rings is 2. The Morgan fingerprint density at radius 3 is 2.65 bits per heavy atom. The minimum absolute atomic E-state index is 0.141. The molecule has 4 nitrogen and oxygen atoms in total. The van der Waals surface area contributed by atoms with Crippen LogP contribution in [0.5, 0.6) is 0 Å². The van der Waals surface area contributed by atoms with Gasteiger partial charge in [-0.15, -0.1) is 5.10 Å². The smallest absolute Gasteiger partial charge is 0.189 e. The zero-order valence-corrected chi connectivity index (χ0v) is 13.1. The fraction of sp³-hybridized carbons (Fsp3) is 0.118. The van der Waals surface area contributed by atoms with Crippen LogP contribution in [-0.4, -0.2) is 20.8 Å². The third-order valence-electron chi connectivity index (χ3n) is 3.48. The second kappa shape index (κ2) is 6.30. The molecule has 116 valence electrons. The molecule has 0 fully saturated rings. The molecule has 1 heterocycles. The van der Waals surface area contributed by atoms with Gasteiger partial charge < -0.3 is 0 Å². The average Bonchev–Trinajstić information content (AvgIpc) is 2.90. The van der Waals surface area contributed by atoms with Gasteiger partial charge in [-0.1, -0.05) is 28.9 Å². The Kier molecular flexibility index (Phi) is 4.21. The number of ketones is 1. The SMILES string of the molecule is Cc1c(C(=O)Cc2cccc(Cl)c2)nnn1-c1ccc(F)cc1. The number of halogens is 2. The molecule has 0 atom stereocenters. The van der Waals surface area contributed by atoms with E-state index in [0.29, 0.717) is 22.1 Å². The van der Waals surface area contributed by atoms with Gasteiger partial charge in [-0.3, -0.25) is 4.79 Å². The van der Waals surface area contributed by atoms with Crippen LogP contribution in [0.3, 0.4) is 0 Å². The molecule has 0 saturated carbocycles. The molecular formula is C17H13ClFN3O. The Balaban J connectivity index is 1.86. The highest BCUT2D eigenvalue weighted by atomic mass is 35.5. The van der Waals surface area contributed by atoms with Gasteiger partial charge in [0.2, 0.25) is 0 Å². The molecule has 0 radical (unpaired) electrons. The number of rotatable bonds is 4. The van der Waals surface area contributed by atoms with Crippen LogP contribution >= 0.6 is 11.6 Å². The van der Waals surface area contributed by atoms with Gasteiger partial charge in [0.15, 0.2) is 11.5 Å². The van der Waals surface area contributed by atoms with Gasteiger partial charge in [0.25, 0.3) is 0 Å². The summed E-state index contributed by atoms with van der Waals surface area (Å²) in [6.07, 6.45) is 0.198. The zero-order chi connectivity index (χ0) is 16.4. The minimum Gasteiger partial charge on any atom is -0.292 e. The number of hydrogen-bond donors (Lipinski definition) is 0. The number of hydrogen-bond acceptors (Lipinski definition) is 3. The summed E-state index contributed by atoms with van der Waals surface area (Å²) in [7, 11) is 0. The second-order valence-corrected chi connectivity index (χ2v) is 5.58. The van der Waals surface area contributed by atoms with Gasteiger partial charge in [-0.25, -0.2) is 9.07 Å². The second-order valence-electron chi connectivity index (χ2n) is 5.14. The molecule has 0 aliphatic rings. The van der Waals surface area contributed by atoms with Gasteiger partial charge in [-0.05, 0) is 48.9 Å². The van der Waals surface area contributed by atoms with E-state index in [4.69, 9.17) is 11.6 Å². The molecule has 2 aromatic carbocycles. The minimum atomic E-state index is -0.330. The summed E-state index contributed by atoms with van der Waals surface area (Å²) < 4.78 is 14.5. The Morgan fingerprint density at radius 1 is 1.22 bits per heavy atom. The predicted octanol–water partition coefficient (Wildman–Crippen LogP) is 3.79. The molecule has 0 spiro atoms. The molecule has 3 rings (SSSR count). The van der Waals surface area contributed by atoms with Crippen molar-refractivity contribution in [2.24, 2.45) is 0 Å². The summed E-state index contributed by atoms with van der Waals surface area (Å²) in [5.41, 5.74) is 2.38. The zero-order valence-electron chi connectivity index (χ0n) is 12.3. The third-order valence-corrected chi connectivity index (χ3v) is 3.72. The molecule has 0 N–H and O–H groups in total. The van der Waals surface area contributed by atoms with E-state index in [1.54, 1.807) is 37.3 Å². The van der Waals surface area contributed by atoms with Crippen LogP contribution in [0, 0.1) is 12.7 Å². The normalized spacial score (nSPS) is 10.7. The van der Waals surface area contributed by atoms with Gasteiger partial charge >= 0.3 is 0 Å². The Bertz CT molecular complexity index is 859. The average molecular weight is 330 g/mol. The van der Waals surface area contributed by atoms with Crippen molar-refractivity contribution in [3.05, 3.63) is 76.3 Å². The highest BCUT2D eigenvalue weighted by molar-refractivity contribution is 6.30. The third kappa shape index (κ3) is 3.29.